The third-order valence-corrected chi connectivity index (χ3v) is 2.49. The Hall–Kier alpha value is -2.67. The van der Waals surface area contributed by atoms with Crippen LogP contribution in [0.25, 0.3) is 0 Å². The highest BCUT2D eigenvalue weighted by molar-refractivity contribution is 5.55. The lowest BCUT2D eigenvalue weighted by molar-refractivity contribution is 0.321. The van der Waals surface area contributed by atoms with Gasteiger partial charge in [-0.1, -0.05) is 12.1 Å². The van der Waals surface area contributed by atoms with Gasteiger partial charge in [0, 0.05) is 5.69 Å². The van der Waals surface area contributed by atoms with Gasteiger partial charge < -0.3 is 15.2 Å². The van der Waals surface area contributed by atoms with Crippen LogP contribution < -0.4 is 15.2 Å². The van der Waals surface area contributed by atoms with E-state index in [2.05, 4.69) is 6.07 Å². The van der Waals surface area contributed by atoms with E-state index in [1.165, 1.54) is 0 Å². The summed E-state index contributed by atoms with van der Waals surface area (Å²) in [7, 11) is 0. The third-order valence-electron chi connectivity index (χ3n) is 2.49. The molecule has 0 aliphatic rings. The van der Waals surface area contributed by atoms with Crippen molar-refractivity contribution in [1.29, 1.82) is 5.26 Å². The summed E-state index contributed by atoms with van der Waals surface area (Å²) in [6, 6.07) is 14.3. The Morgan fingerprint density at radius 2 is 1.84 bits per heavy atom. The topological polar surface area (TPSA) is 68.3 Å². The van der Waals surface area contributed by atoms with E-state index in [0.717, 1.165) is 0 Å². The fourth-order valence-electron chi connectivity index (χ4n) is 1.65. The van der Waals surface area contributed by atoms with Crippen molar-refractivity contribution in [1.82, 2.24) is 0 Å². The molecule has 0 spiro atoms. The smallest absolute Gasteiger partial charge is 0.169 e. The summed E-state index contributed by atoms with van der Waals surface area (Å²) >= 11 is 0. The van der Waals surface area contributed by atoms with Crippen molar-refractivity contribution in [2.45, 2.75) is 6.92 Å². The molecule has 2 aromatic carbocycles. The predicted octanol–water partition coefficient (Wildman–Crippen LogP) is 3.33. The molecule has 0 aliphatic carbocycles. The highest BCUT2D eigenvalue weighted by Gasteiger charge is 2.09. The normalized spacial score (nSPS) is 9.68. The number of hydrogen-bond acceptors (Lipinski definition) is 4. The van der Waals surface area contributed by atoms with E-state index in [4.69, 9.17) is 20.5 Å². The largest absolute Gasteiger partial charge is 0.490 e. The molecular weight excluding hydrogens is 240 g/mol. The van der Waals surface area contributed by atoms with Gasteiger partial charge in [-0.25, -0.2) is 0 Å². The molecule has 0 amide bonds. The van der Waals surface area contributed by atoms with Crippen LogP contribution >= 0.6 is 0 Å². The van der Waals surface area contributed by atoms with E-state index in [-0.39, 0.29) is 0 Å². The minimum absolute atomic E-state index is 0.395. The van der Waals surface area contributed by atoms with Crippen LogP contribution in [0.4, 0.5) is 5.69 Å². The van der Waals surface area contributed by atoms with Gasteiger partial charge in [-0.15, -0.1) is 0 Å². The molecule has 96 valence electrons. The first-order valence-corrected chi connectivity index (χ1v) is 5.94. The molecule has 0 aliphatic heterocycles. The number of anilines is 1. The van der Waals surface area contributed by atoms with Gasteiger partial charge in [-0.3, -0.25) is 0 Å². The Kier molecular flexibility index (Phi) is 3.89. The number of nitriles is 1. The Balaban J connectivity index is 2.34. The number of para-hydroxylation sites is 2. The molecule has 4 heteroatoms. The molecule has 0 aromatic heterocycles. The number of rotatable bonds is 4. The zero-order chi connectivity index (χ0) is 13.7. The molecule has 0 unspecified atom stereocenters. The van der Waals surface area contributed by atoms with Gasteiger partial charge in [0.15, 0.2) is 11.5 Å². The molecular formula is C15H14N2O2. The average molecular weight is 254 g/mol. The number of hydrogen-bond donors (Lipinski definition) is 1. The minimum Gasteiger partial charge on any atom is -0.490 e. The van der Waals surface area contributed by atoms with Crippen LogP contribution in [-0.2, 0) is 0 Å². The highest BCUT2D eigenvalue weighted by atomic mass is 16.5. The van der Waals surface area contributed by atoms with Gasteiger partial charge in [0.1, 0.15) is 11.8 Å². The van der Waals surface area contributed by atoms with Gasteiger partial charge in [0.2, 0.25) is 0 Å². The van der Waals surface area contributed by atoms with Gasteiger partial charge in [-0.05, 0) is 37.3 Å². The number of nitrogens with zero attached hydrogens (tertiary/aromatic N) is 1. The summed E-state index contributed by atoms with van der Waals surface area (Å²) in [4.78, 5) is 0. The summed E-state index contributed by atoms with van der Waals surface area (Å²) in [5.41, 5.74) is 6.57. The van der Waals surface area contributed by atoms with Crippen molar-refractivity contribution >= 4 is 5.69 Å². The van der Waals surface area contributed by atoms with E-state index in [9.17, 15) is 0 Å². The van der Waals surface area contributed by atoms with E-state index < -0.39 is 0 Å². The average Bonchev–Trinajstić information content (AvgIpc) is 2.43. The van der Waals surface area contributed by atoms with Crippen LogP contribution in [0.15, 0.2) is 42.5 Å². The van der Waals surface area contributed by atoms with E-state index in [1.807, 2.05) is 25.1 Å². The molecule has 2 N–H and O–H groups in total. The molecule has 0 bridgehead atoms. The maximum atomic E-state index is 9.08. The van der Waals surface area contributed by atoms with Crippen molar-refractivity contribution in [3.8, 4) is 23.3 Å². The second-order valence-electron chi connectivity index (χ2n) is 3.85. The maximum Gasteiger partial charge on any atom is 0.169 e. The molecule has 0 saturated carbocycles. The standard InChI is InChI=1S/C15H14N2O2/c1-2-18-14-5-3-4-6-15(14)19-13-8-7-12(17)9-11(13)10-16/h3-9H,2,17H2,1H3. The zero-order valence-electron chi connectivity index (χ0n) is 10.6. The van der Waals surface area contributed by atoms with Gasteiger partial charge in [-0.2, -0.15) is 5.26 Å². The zero-order valence-corrected chi connectivity index (χ0v) is 10.6. The van der Waals surface area contributed by atoms with Gasteiger partial charge in [0.25, 0.3) is 0 Å². The molecule has 0 saturated heterocycles. The maximum absolute atomic E-state index is 9.08. The Bertz CT molecular complexity index is 618. The summed E-state index contributed by atoms with van der Waals surface area (Å²) in [6.07, 6.45) is 0. The second-order valence-corrected chi connectivity index (χ2v) is 3.85. The monoisotopic (exact) mass is 254 g/mol. The highest BCUT2D eigenvalue weighted by Crippen LogP contribution is 2.33. The van der Waals surface area contributed by atoms with Gasteiger partial charge in [0.05, 0.1) is 12.2 Å². The van der Waals surface area contributed by atoms with Crippen molar-refractivity contribution in [2.24, 2.45) is 0 Å². The van der Waals surface area contributed by atoms with E-state index >= 15 is 0 Å². The van der Waals surface area contributed by atoms with Crippen molar-refractivity contribution in [3.63, 3.8) is 0 Å². The molecule has 2 rings (SSSR count). The molecule has 19 heavy (non-hydrogen) atoms. The fourth-order valence-corrected chi connectivity index (χ4v) is 1.65. The summed E-state index contributed by atoms with van der Waals surface area (Å²) in [5.74, 6) is 1.68. The second kappa shape index (κ2) is 5.78. The summed E-state index contributed by atoms with van der Waals surface area (Å²) in [6.45, 7) is 2.45. The van der Waals surface area contributed by atoms with E-state index in [1.54, 1.807) is 24.3 Å². The number of ether oxygens (including phenoxy) is 2. The van der Waals surface area contributed by atoms with Gasteiger partial charge >= 0.3 is 0 Å². The first-order valence-electron chi connectivity index (χ1n) is 5.94. The molecule has 0 heterocycles. The summed E-state index contributed by atoms with van der Waals surface area (Å²) in [5, 5.41) is 9.08. The first kappa shape index (κ1) is 12.8. The Labute approximate surface area is 112 Å². The van der Waals surface area contributed by atoms with Crippen LogP contribution in [0, 0.1) is 11.3 Å². The number of nitrogens with two attached hydrogens (primary N) is 1. The Morgan fingerprint density at radius 3 is 2.53 bits per heavy atom. The Morgan fingerprint density at radius 1 is 1.11 bits per heavy atom. The van der Waals surface area contributed by atoms with Crippen molar-refractivity contribution < 1.29 is 9.47 Å². The first-order chi connectivity index (χ1) is 9.24. The fraction of sp³-hybridized carbons (Fsp3) is 0.133. The molecule has 4 nitrogen and oxygen atoms in total. The van der Waals surface area contributed by atoms with Crippen LogP contribution in [0.1, 0.15) is 12.5 Å². The van der Waals surface area contributed by atoms with E-state index in [0.29, 0.717) is 35.1 Å². The lowest BCUT2D eigenvalue weighted by atomic mass is 10.2. The van der Waals surface area contributed by atoms with Crippen LogP contribution in [-0.4, -0.2) is 6.61 Å². The lowest BCUT2D eigenvalue weighted by Gasteiger charge is -2.12. The molecule has 0 atom stereocenters. The quantitative estimate of drug-likeness (QED) is 0.850. The van der Waals surface area contributed by atoms with Crippen LogP contribution in [0.2, 0.25) is 0 Å². The van der Waals surface area contributed by atoms with Crippen LogP contribution in [0.5, 0.6) is 17.2 Å². The molecule has 2 aromatic rings. The van der Waals surface area contributed by atoms with Crippen molar-refractivity contribution in [3.05, 3.63) is 48.0 Å². The van der Waals surface area contributed by atoms with Crippen molar-refractivity contribution in [2.75, 3.05) is 12.3 Å². The van der Waals surface area contributed by atoms with Crippen LogP contribution in [0.3, 0.4) is 0 Å². The third kappa shape index (κ3) is 2.96. The minimum atomic E-state index is 0.395. The summed E-state index contributed by atoms with van der Waals surface area (Å²) < 4.78 is 11.2. The predicted molar refractivity (Wildman–Crippen MR) is 73.3 cm³/mol. The molecule has 0 fully saturated rings. The number of benzene rings is 2. The molecule has 0 radical (unpaired) electrons. The number of nitrogen functional groups attached to an aromatic ring is 1. The SMILES string of the molecule is CCOc1ccccc1Oc1ccc(N)cc1C#N. The lowest BCUT2D eigenvalue weighted by Crippen LogP contribution is -1.96.